The number of pyridine rings is 1. The first-order chi connectivity index (χ1) is 7.91. The Morgan fingerprint density at radius 1 is 1.29 bits per heavy atom. The summed E-state index contributed by atoms with van der Waals surface area (Å²) in [6, 6.07) is 0.852. The van der Waals surface area contributed by atoms with Crippen LogP contribution >= 0.6 is 0 Å². The number of carbonyl (C=O) groups is 3. The fourth-order valence-electron chi connectivity index (χ4n) is 0.985. The third-order valence-electron chi connectivity index (χ3n) is 1.73. The molecule has 0 aromatic carbocycles. The lowest BCUT2D eigenvalue weighted by Crippen LogP contribution is -2.30. The van der Waals surface area contributed by atoms with Crippen LogP contribution in [0.25, 0.3) is 0 Å². The molecular formula is C9H8N2O6. The molecule has 0 unspecified atom stereocenters. The molecule has 0 spiro atoms. The highest BCUT2D eigenvalue weighted by Crippen LogP contribution is 2.15. The van der Waals surface area contributed by atoms with Crippen LogP contribution in [0.15, 0.2) is 12.3 Å². The van der Waals surface area contributed by atoms with Crippen molar-refractivity contribution in [1.29, 1.82) is 0 Å². The number of hydrogen-bond donors (Lipinski definition) is 4. The number of aromatic nitrogens is 1. The summed E-state index contributed by atoms with van der Waals surface area (Å²) in [7, 11) is 0. The Morgan fingerprint density at radius 2 is 1.94 bits per heavy atom. The van der Waals surface area contributed by atoms with Crippen molar-refractivity contribution in [2.75, 3.05) is 6.54 Å². The first-order valence-corrected chi connectivity index (χ1v) is 4.34. The van der Waals surface area contributed by atoms with E-state index in [1.807, 2.05) is 5.32 Å². The van der Waals surface area contributed by atoms with Crippen LogP contribution < -0.4 is 5.32 Å². The Hall–Kier alpha value is -2.64. The molecule has 0 atom stereocenters. The Bertz CT molecular complexity index is 484. The SMILES string of the molecule is O=C(O)CNC(=O)c1ncc(C(=O)O)cc1O. The van der Waals surface area contributed by atoms with Gasteiger partial charge in [0, 0.05) is 6.20 Å². The van der Waals surface area contributed by atoms with E-state index in [-0.39, 0.29) is 5.56 Å². The Kier molecular flexibility index (Phi) is 3.60. The van der Waals surface area contributed by atoms with Gasteiger partial charge in [0.05, 0.1) is 5.56 Å². The monoisotopic (exact) mass is 240 g/mol. The molecule has 17 heavy (non-hydrogen) atoms. The van der Waals surface area contributed by atoms with E-state index in [2.05, 4.69) is 4.98 Å². The van der Waals surface area contributed by atoms with Gasteiger partial charge in [-0.25, -0.2) is 9.78 Å². The van der Waals surface area contributed by atoms with Crippen molar-refractivity contribution < 1.29 is 29.7 Å². The van der Waals surface area contributed by atoms with Crippen molar-refractivity contribution in [2.45, 2.75) is 0 Å². The molecule has 0 fully saturated rings. The summed E-state index contributed by atoms with van der Waals surface area (Å²) in [6.45, 7) is -0.624. The second-order valence-corrected chi connectivity index (χ2v) is 2.97. The predicted octanol–water partition coefficient (Wildman–Crippen LogP) is -0.700. The average Bonchev–Trinajstić information content (AvgIpc) is 2.25. The number of nitrogens with one attached hydrogen (secondary N) is 1. The first-order valence-electron chi connectivity index (χ1n) is 4.34. The zero-order valence-corrected chi connectivity index (χ0v) is 8.38. The number of nitrogens with zero attached hydrogens (tertiary/aromatic N) is 1. The molecule has 0 saturated carbocycles. The number of carbonyl (C=O) groups excluding carboxylic acids is 1. The van der Waals surface area contributed by atoms with Gasteiger partial charge in [0.2, 0.25) is 0 Å². The third kappa shape index (κ3) is 3.16. The number of carboxylic acid groups (broad SMARTS) is 2. The van der Waals surface area contributed by atoms with Crippen molar-refractivity contribution in [3.8, 4) is 5.75 Å². The van der Waals surface area contributed by atoms with Crippen molar-refractivity contribution >= 4 is 17.8 Å². The highest BCUT2D eigenvalue weighted by atomic mass is 16.4. The Balaban J connectivity index is 2.88. The molecule has 4 N–H and O–H groups in total. The van der Waals surface area contributed by atoms with E-state index in [4.69, 9.17) is 10.2 Å². The summed E-state index contributed by atoms with van der Waals surface area (Å²) >= 11 is 0. The largest absolute Gasteiger partial charge is 0.505 e. The van der Waals surface area contributed by atoms with Gasteiger partial charge >= 0.3 is 11.9 Å². The van der Waals surface area contributed by atoms with E-state index in [1.165, 1.54) is 0 Å². The number of amides is 1. The molecule has 0 saturated heterocycles. The number of rotatable bonds is 4. The minimum absolute atomic E-state index is 0.280. The van der Waals surface area contributed by atoms with Crippen LogP contribution in [-0.2, 0) is 4.79 Å². The maximum absolute atomic E-state index is 11.3. The number of aromatic carboxylic acids is 1. The fourth-order valence-corrected chi connectivity index (χ4v) is 0.985. The topological polar surface area (TPSA) is 137 Å². The van der Waals surface area contributed by atoms with E-state index in [9.17, 15) is 19.5 Å². The van der Waals surface area contributed by atoms with Crippen LogP contribution in [0.4, 0.5) is 0 Å². The van der Waals surface area contributed by atoms with Crippen molar-refractivity contribution in [3.63, 3.8) is 0 Å². The second-order valence-electron chi connectivity index (χ2n) is 2.97. The number of carboxylic acids is 2. The molecule has 0 aliphatic rings. The van der Waals surface area contributed by atoms with Crippen LogP contribution in [0.1, 0.15) is 20.8 Å². The molecule has 0 aliphatic carbocycles. The molecule has 1 heterocycles. The Labute approximate surface area is 94.5 Å². The van der Waals surface area contributed by atoms with E-state index in [0.717, 1.165) is 12.3 Å². The van der Waals surface area contributed by atoms with E-state index >= 15 is 0 Å². The summed E-state index contributed by atoms with van der Waals surface area (Å²) < 4.78 is 0. The van der Waals surface area contributed by atoms with Gasteiger partial charge in [0.25, 0.3) is 5.91 Å². The van der Waals surface area contributed by atoms with Gasteiger partial charge in [-0.2, -0.15) is 0 Å². The molecule has 1 amide bonds. The predicted molar refractivity (Wildman–Crippen MR) is 52.8 cm³/mol. The van der Waals surface area contributed by atoms with Gasteiger partial charge in [-0.1, -0.05) is 0 Å². The standard InChI is InChI=1S/C9H8N2O6/c12-5-1-4(9(16)17)2-10-7(5)8(15)11-3-6(13)14/h1-2,12H,3H2,(H,11,15)(H,13,14)(H,16,17). The summed E-state index contributed by atoms with van der Waals surface area (Å²) in [4.78, 5) is 35.5. The molecule has 8 nitrogen and oxygen atoms in total. The van der Waals surface area contributed by atoms with Crippen molar-refractivity contribution in [2.24, 2.45) is 0 Å². The van der Waals surface area contributed by atoms with Crippen molar-refractivity contribution in [3.05, 3.63) is 23.5 Å². The van der Waals surface area contributed by atoms with Gasteiger partial charge in [-0.3, -0.25) is 9.59 Å². The smallest absolute Gasteiger partial charge is 0.337 e. The van der Waals surface area contributed by atoms with Crippen LogP contribution in [0.3, 0.4) is 0 Å². The lowest BCUT2D eigenvalue weighted by atomic mass is 10.2. The second kappa shape index (κ2) is 4.92. The van der Waals surface area contributed by atoms with Crippen LogP contribution in [0, 0.1) is 0 Å². The highest BCUT2D eigenvalue weighted by molar-refractivity contribution is 5.97. The summed E-state index contributed by atoms with van der Waals surface area (Å²) in [5.74, 6) is -4.08. The first kappa shape index (κ1) is 12.4. The van der Waals surface area contributed by atoms with E-state index < -0.39 is 35.8 Å². The molecule has 0 bridgehead atoms. The number of aliphatic carboxylic acids is 1. The van der Waals surface area contributed by atoms with Gasteiger partial charge in [-0.15, -0.1) is 0 Å². The van der Waals surface area contributed by atoms with Crippen LogP contribution in [0.5, 0.6) is 5.75 Å². The summed E-state index contributed by atoms with van der Waals surface area (Å²) in [6.07, 6.45) is 0.887. The molecule has 90 valence electrons. The lowest BCUT2D eigenvalue weighted by molar-refractivity contribution is -0.135. The fraction of sp³-hybridized carbons (Fsp3) is 0.111. The minimum Gasteiger partial charge on any atom is -0.505 e. The summed E-state index contributed by atoms with van der Waals surface area (Å²) in [5.41, 5.74) is -0.714. The van der Waals surface area contributed by atoms with Gasteiger partial charge in [0.1, 0.15) is 12.3 Å². The zero-order chi connectivity index (χ0) is 13.0. The summed E-state index contributed by atoms with van der Waals surface area (Å²) in [5, 5.41) is 28.2. The molecule has 0 radical (unpaired) electrons. The molecule has 1 aromatic heterocycles. The maximum Gasteiger partial charge on any atom is 0.337 e. The van der Waals surface area contributed by atoms with Crippen molar-refractivity contribution in [1.82, 2.24) is 10.3 Å². The van der Waals surface area contributed by atoms with E-state index in [1.54, 1.807) is 0 Å². The maximum atomic E-state index is 11.3. The third-order valence-corrected chi connectivity index (χ3v) is 1.73. The quantitative estimate of drug-likeness (QED) is 0.546. The normalized spacial score (nSPS) is 9.65. The molecule has 8 heteroatoms. The van der Waals surface area contributed by atoms with Crippen LogP contribution in [-0.4, -0.2) is 44.7 Å². The zero-order valence-electron chi connectivity index (χ0n) is 8.38. The van der Waals surface area contributed by atoms with E-state index in [0.29, 0.717) is 0 Å². The Morgan fingerprint density at radius 3 is 2.41 bits per heavy atom. The van der Waals surface area contributed by atoms with Gasteiger partial charge in [0.15, 0.2) is 5.69 Å². The molecule has 1 aromatic rings. The van der Waals surface area contributed by atoms with Crippen LogP contribution in [0.2, 0.25) is 0 Å². The average molecular weight is 240 g/mol. The minimum atomic E-state index is -1.30. The molecular weight excluding hydrogens is 232 g/mol. The molecule has 0 aliphatic heterocycles. The van der Waals surface area contributed by atoms with Gasteiger partial charge in [-0.05, 0) is 6.07 Å². The number of hydrogen-bond acceptors (Lipinski definition) is 5. The molecule has 1 rings (SSSR count). The number of aromatic hydroxyl groups is 1. The lowest BCUT2D eigenvalue weighted by Gasteiger charge is -2.04. The highest BCUT2D eigenvalue weighted by Gasteiger charge is 2.16. The van der Waals surface area contributed by atoms with Gasteiger partial charge < -0.3 is 20.6 Å².